The van der Waals surface area contributed by atoms with Crippen LogP contribution < -0.4 is 5.32 Å². The lowest BCUT2D eigenvalue weighted by molar-refractivity contribution is -0.105. The maximum Gasteiger partial charge on any atom is 0.211 e. The molecule has 1 aromatic carbocycles. The molecule has 0 fully saturated rings. The van der Waals surface area contributed by atoms with E-state index in [4.69, 9.17) is 0 Å². The van der Waals surface area contributed by atoms with Crippen molar-refractivity contribution in [2.45, 2.75) is 0 Å². The predicted molar refractivity (Wildman–Crippen MR) is 59.2 cm³/mol. The van der Waals surface area contributed by atoms with Crippen molar-refractivity contribution in [3.05, 3.63) is 25.6 Å². The van der Waals surface area contributed by atoms with E-state index in [-0.39, 0.29) is 0 Å². The maximum atomic E-state index is 10.2. The summed E-state index contributed by atoms with van der Waals surface area (Å²) in [5, 5.41) is 2.58. The van der Waals surface area contributed by atoms with Crippen molar-refractivity contribution >= 4 is 59.9 Å². The Kier molecular flexibility index (Phi) is 3.74. The van der Waals surface area contributed by atoms with Crippen LogP contribution in [0.25, 0.3) is 0 Å². The van der Waals surface area contributed by atoms with E-state index in [1.54, 1.807) is 0 Å². The van der Waals surface area contributed by atoms with Crippen molar-refractivity contribution in [3.8, 4) is 0 Å². The lowest BCUT2D eigenvalue weighted by Gasteiger charge is -2.05. The van der Waals surface area contributed by atoms with Gasteiger partial charge in [-0.15, -0.1) is 0 Å². The molecule has 0 aliphatic rings. The van der Waals surface area contributed by atoms with Gasteiger partial charge in [0.15, 0.2) is 0 Å². The molecule has 0 saturated heterocycles. The van der Waals surface area contributed by atoms with E-state index >= 15 is 0 Å². The molecule has 1 amide bonds. The second-order valence-electron chi connectivity index (χ2n) is 2.01. The van der Waals surface area contributed by atoms with E-state index in [0.29, 0.717) is 6.41 Å². The van der Waals surface area contributed by atoms with Gasteiger partial charge < -0.3 is 5.32 Å². The van der Waals surface area contributed by atoms with Gasteiger partial charge in [0.05, 0.1) is 5.69 Å². The Bertz CT molecular complexity index is 291. The minimum Gasteiger partial charge on any atom is -0.327 e. The Hall–Kier alpha value is 0.130. The van der Waals surface area contributed by atoms with Crippen LogP contribution in [0.4, 0.5) is 5.69 Å². The molecule has 0 unspecified atom stereocenters. The minimum absolute atomic E-state index is 0.638. The maximum absolute atomic E-state index is 10.2. The second kappa shape index (κ2) is 4.39. The third-order valence-electron chi connectivity index (χ3n) is 1.21. The lowest BCUT2D eigenvalue weighted by atomic mass is 10.3. The monoisotopic (exact) mass is 355 g/mol. The van der Waals surface area contributed by atoms with Gasteiger partial charge in [-0.05, 0) is 44.0 Å². The highest BCUT2D eigenvalue weighted by Crippen LogP contribution is 2.33. The van der Waals surface area contributed by atoms with Crippen molar-refractivity contribution in [1.29, 1.82) is 0 Å². The van der Waals surface area contributed by atoms with Crippen LogP contribution >= 0.6 is 47.8 Å². The van der Waals surface area contributed by atoms with Crippen molar-refractivity contribution in [1.82, 2.24) is 0 Å². The number of nitrogens with one attached hydrogen (secondary N) is 1. The summed E-state index contributed by atoms with van der Waals surface area (Å²) in [6.07, 6.45) is 0.638. The Morgan fingerprint density at radius 1 is 1.17 bits per heavy atom. The predicted octanol–water partition coefficient (Wildman–Crippen LogP) is 3.54. The molecule has 1 N–H and O–H groups in total. The number of halogens is 3. The molecule has 0 aromatic heterocycles. The van der Waals surface area contributed by atoms with Crippen molar-refractivity contribution in [2.24, 2.45) is 0 Å². The van der Waals surface area contributed by atoms with Crippen LogP contribution in [0.5, 0.6) is 0 Å². The summed E-state index contributed by atoms with van der Waals surface area (Å²) < 4.78 is 2.60. The molecule has 2 nitrogen and oxygen atoms in total. The van der Waals surface area contributed by atoms with Gasteiger partial charge in [0.1, 0.15) is 0 Å². The summed E-state index contributed by atoms with van der Waals surface area (Å²) >= 11 is 9.96. The third kappa shape index (κ3) is 2.31. The summed E-state index contributed by atoms with van der Waals surface area (Å²) in [7, 11) is 0. The standard InChI is InChI=1S/C7H4Br3NO/c8-4-1-5(9)7(11-3-12)6(10)2-4/h1-3H,(H,11,12). The van der Waals surface area contributed by atoms with E-state index in [1.165, 1.54) is 0 Å². The molecule has 0 atom stereocenters. The first-order valence-electron chi connectivity index (χ1n) is 3.00. The number of anilines is 1. The van der Waals surface area contributed by atoms with Crippen molar-refractivity contribution in [3.63, 3.8) is 0 Å². The zero-order chi connectivity index (χ0) is 9.14. The van der Waals surface area contributed by atoms with Gasteiger partial charge >= 0.3 is 0 Å². The minimum atomic E-state index is 0.638. The van der Waals surface area contributed by atoms with E-state index < -0.39 is 0 Å². The number of carbonyl (C=O) groups is 1. The van der Waals surface area contributed by atoms with E-state index in [9.17, 15) is 4.79 Å². The number of hydrogen-bond donors (Lipinski definition) is 1. The Labute approximate surface area is 95.1 Å². The normalized spacial score (nSPS) is 9.58. The fraction of sp³-hybridized carbons (Fsp3) is 0. The molecule has 5 heteroatoms. The molecule has 1 aromatic rings. The highest BCUT2D eigenvalue weighted by atomic mass is 79.9. The molecule has 1 rings (SSSR count). The third-order valence-corrected chi connectivity index (χ3v) is 2.92. The number of amides is 1. The van der Waals surface area contributed by atoms with Gasteiger partial charge in [-0.25, -0.2) is 0 Å². The summed E-state index contributed by atoms with van der Waals surface area (Å²) in [5.41, 5.74) is 0.730. The first kappa shape index (κ1) is 10.2. The zero-order valence-corrected chi connectivity index (χ0v) is 10.5. The molecule has 0 aliphatic carbocycles. The summed E-state index contributed by atoms with van der Waals surface area (Å²) in [4.78, 5) is 10.2. The molecule has 0 aliphatic heterocycles. The first-order valence-corrected chi connectivity index (χ1v) is 5.38. The average molecular weight is 358 g/mol. The summed E-state index contributed by atoms with van der Waals surface area (Å²) in [6, 6.07) is 3.72. The van der Waals surface area contributed by atoms with Gasteiger partial charge in [0, 0.05) is 13.4 Å². The molecule has 0 heterocycles. The quantitative estimate of drug-likeness (QED) is 0.806. The molecule has 0 radical (unpaired) electrons. The van der Waals surface area contributed by atoms with E-state index in [1.807, 2.05) is 12.1 Å². The highest BCUT2D eigenvalue weighted by Gasteiger charge is 2.04. The lowest BCUT2D eigenvalue weighted by Crippen LogP contribution is -1.95. The highest BCUT2D eigenvalue weighted by molar-refractivity contribution is 9.11. The number of carbonyl (C=O) groups excluding carboxylic acids is 1. The van der Waals surface area contributed by atoms with Gasteiger partial charge in [0.2, 0.25) is 6.41 Å². The van der Waals surface area contributed by atoms with Gasteiger partial charge in [-0.1, -0.05) is 15.9 Å². The zero-order valence-electron chi connectivity index (χ0n) is 5.77. The van der Waals surface area contributed by atoms with Gasteiger partial charge in [-0.2, -0.15) is 0 Å². The SMILES string of the molecule is O=CNc1c(Br)cc(Br)cc1Br. The van der Waals surface area contributed by atoms with Crippen molar-refractivity contribution in [2.75, 3.05) is 5.32 Å². The topological polar surface area (TPSA) is 29.1 Å². The van der Waals surface area contributed by atoms with E-state index in [2.05, 4.69) is 53.1 Å². The van der Waals surface area contributed by atoms with Crippen LogP contribution in [0, 0.1) is 0 Å². The molecule has 0 bridgehead atoms. The van der Waals surface area contributed by atoms with Crippen LogP contribution in [0.15, 0.2) is 25.6 Å². The largest absolute Gasteiger partial charge is 0.327 e. The molecule has 0 saturated carbocycles. The number of rotatable bonds is 2. The van der Waals surface area contributed by atoms with Crippen LogP contribution in [0.2, 0.25) is 0 Å². The Morgan fingerprint density at radius 2 is 1.67 bits per heavy atom. The van der Waals surface area contributed by atoms with Crippen LogP contribution in [-0.4, -0.2) is 6.41 Å². The Balaban J connectivity index is 3.18. The van der Waals surface area contributed by atoms with Crippen LogP contribution in [-0.2, 0) is 4.79 Å². The number of benzene rings is 1. The smallest absolute Gasteiger partial charge is 0.211 e. The van der Waals surface area contributed by atoms with Crippen LogP contribution in [0.3, 0.4) is 0 Å². The van der Waals surface area contributed by atoms with E-state index in [0.717, 1.165) is 19.1 Å². The molecule has 64 valence electrons. The molecular formula is C7H4Br3NO. The Morgan fingerprint density at radius 3 is 2.08 bits per heavy atom. The second-order valence-corrected chi connectivity index (χ2v) is 4.63. The fourth-order valence-corrected chi connectivity index (χ4v) is 3.23. The molecular weight excluding hydrogens is 354 g/mol. The molecule has 0 spiro atoms. The van der Waals surface area contributed by atoms with Crippen molar-refractivity contribution < 1.29 is 4.79 Å². The average Bonchev–Trinajstić information content (AvgIpc) is 1.96. The fourth-order valence-electron chi connectivity index (χ4n) is 0.739. The molecule has 12 heavy (non-hydrogen) atoms. The summed E-state index contributed by atoms with van der Waals surface area (Å²) in [5.74, 6) is 0. The number of hydrogen-bond acceptors (Lipinski definition) is 1. The van der Waals surface area contributed by atoms with Gasteiger partial charge in [-0.3, -0.25) is 4.79 Å². The van der Waals surface area contributed by atoms with Crippen LogP contribution in [0.1, 0.15) is 0 Å². The first-order chi connectivity index (χ1) is 5.65. The van der Waals surface area contributed by atoms with Gasteiger partial charge in [0.25, 0.3) is 0 Å². The summed E-state index contributed by atoms with van der Waals surface area (Å²) in [6.45, 7) is 0.